The quantitative estimate of drug-likeness (QED) is 0.672. The van der Waals surface area contributed by atoms with E-state index in [4.69, 9.17) is 4.74 Å². The largest absolute Gasteiger partial charge is 0.454 e. The van der Waals surface area contributed by atoms with Gasteiger partial charge < -0.3 is 15.4 Å². The van der Waals surface area contributed by atoms with Crippen molar-refractivity contribution < 1.29 is 19.1 Å². The fourth-order valence-corrected chi connectivity index (χ4v) is 3.75. The maximum Gasteiger partial charge on any atom is 0.325 e. The third kappa shape index (κ3) is 6.59. The molecule has 6 heteroatoms. The Balaban J connectivity index is 1.35. The molecular formula is C23H28N2O4. The van der Waals surface area contributed by atoms with Crippen LogP contribution >= 0.6 is 0 Å². The molecule has 1 aliphatic carbocycles. The zero-order valence-corrected chi connectivity index (χ0v) is 16.6. The molecule has 0 bridgehead atoms. The fourth-order valence-electron chi connectivity index (χ4n) is 3.75. The van der Waals surface area contributed by atoms with Gasteiger partial charge in [-0.1, -0.05) is 61.7 Å². The first kappa shape index (κ1) is 20.8. The Labute approximate surface area is 171 Å². The van der Waals surface area contributed by atoms with Gasteiger partial charge in [-0.2, -0.15) is 0 Å². The Bertz CT molecular complexity index is 854. The smallest absolute Gasteiger partial charge is 0.325 e. The second kappa shape index (κ2) is 10.6. The van der Waals surface area contributed by atoms with Crippen molar-refractivity contribution >= 4 is 28.6 Å². The lowest BCUT2D eigenvalue weighted by atomic mass is 9.89. The van der Waals surface area contributed by atoms with Crippen molar-refractivity contribution in [3.63, 3.8) is 0 Å². The highest BCUT2D eigenvalue weighted by molar-refractivity contribution is 5.91. The molecule has 6 nitrogen and oxygen atoms in total. The van der Waals surface area contributed by atoms with Crippen molar-refractivity contribution in [1.82, 2.24) is 10.6 Å². The van der Waals surface area contributed by atoms with Crippen LogP contribution in [-0.2, 0) is 25.5 Å². The number of nitrogens with one attached hydrogen (secondary N) is 2. The van der Waals surface area contributed by atoms with E-state index in [1.54, 1.807) is 0 Å². The first-order valence-corrected chi connectivity index (χ1v) is 10.3. The lowest BCUT2D eigenvalue weighted by molar-refractivity contribution is -0.148. The lowest BCUT2D eigenvalue weighted by Gasteiger charge is -2.21. The number of hydrogen-bond acceptors (Lipinski definition) is 4. The number of ether oxygens (including phenoxy) is 1. The van der Waals surface area contributed by atoms with Crippen molar-refractivity contribution in [3.05, 3.63) is 48.0 Å². The summed E-state index contributed by atoms with van der Waals surface area (Å²) in [5.41, 5.74) is 0.899. The molecule has 2 N–H and O–H groups in total. The second-order valence-electron chi connectivity index (χ2n) is 7.56. The Hall–Kier alpha value is -2.89. The van der Waals surface area contributed by atoms with E-state index in [1.807, 2.05) is 42.5 Å². The summed E-state index contributed by atoms with van der Waals surface area (Å²) < 4.78 is 4.95. The standard InChI is InChI=1S/C23H28N2O4/c26-21(13-19-11-6-10-18-9-4-5-12-20(18)19)25-15-23(28)29-16-22(27)24-14-17-7-2-1-3-8-17/h4-6,9-12,17H,1-3,7-8,13-16H2,(H,24,27)(H,25,26). The van der Waals surface area contributed by atoms with Crippen molar-refractivity contribution in [1.29, 1.82) is 0 Å². The maximum absolute atomic E-state index is 12.2. The van der Waals surface area contributed by atoms with Crippen LogP contribution in [0.15, 0.2) is 42.5 Å². The average molecular weight is 396 g/mol. The summed E-state index contributed by atoms with van der Waals surface area (Å²) in [5, 5.41) is 7.46. The average Bonchev–Trinajstić information content (AvgIpc) is 2.76. The zero-order chi connectivity index (χ0) is 20.5. The van der Waals surface area contributed by atoms with Gasteiger partial charge in [-0.25, -0.2) is 0 Å². The molecule has 0 spiro atoms. The molecule has 0 unspecified atom stereocenters. The molecular weight excluding hydrogens is 368 g/mol. The third-order valence-corrected chi connectivity index (χ3v) is 5.34. The molecule has 154 valence electrons. The van der Waals surface area contributed by atoms with Gasteiger partial charge in [-0.3, -0.25) is 14.4 Å². The highest BCUT2D eigenvalue weighted by Crippen LogP contribution is 2.22. The van der Waals surface area contributed by atoms with Crippen LogP contribution in [-0.4, -0.2) is 37.5 Å². The third-order valence-electron chi connectivity index (χ3n) is 5.34. The van der Waals surface area contributed by atoms with E-state index >= 15 is 0 Å². The summed E-state index contributed by atoms with van der Waals surface area (Å²) in [7, 11) is 0. The molecule has 0 atom stereocenters. The number of fused-ring (bicyclic) bond motifs is 1. The number of hydrogen-bond donors (Lipinski definition) is 2. The molecule has 3 rings (SSSR count). The van der Waals surface area contributed by atoms with Gasteiger partial charge >= 0.3 is 5.97 Å². The minimum absolute atomic E-state index is 0.177. The van der Waals surface area contributed by atoms with Crippen LogP contribution in [0, 0.1) is 5.92 Å². The van der Waals surface area contributed by atoms with Gasteiger partial charge in [-0.15, -0.1) is 0 Å². The van der Waals surface area contributed by atoms with E-state index in [1.165, 1.54) is 19.3 Å². The van der Waals surface area contributed by atoms with Crippen molar-refractivity contribution in [2.45, 2.75) is 38.5 Å². The Morgan fingerprint density at radius 3 is 2.48 bits per heavy atom. The SMILES string of the molecule is O=C(COC(=O)CNC(=O)Cc1cccc2ccccc12)NCC1CCCCC1. The number of esters is 1. The highest BCUT2D eigenvalue weighted by Gasteiger charge is 2.15. The van der Waals surface area contributed by atoms with Crippen molar-refractivity contribution in [2.75, 3.05) is 19.7 Å². The monoisotopic (exact) mass is 396 g/mol. The van der Waals surface area contributed by atoms with Gasteiger partial charge in [-0.05, 0) is 35.1 Å². The summed E-state index contributed by atoms with van der Waals surface area (Å²) in [4.78, 5) is 35.8. The normalized spacial score (nSPS) is 14.3. The summed E-state index contributed by atoms with van der Waals surface area (Å²) in [6.45, 7) is 0.0718. The van der Waals surface area contributed by atoms with Crippen LogP contribution < -0.4 is 10.6 Å². The van der Waals surface area contributed by atoms with E-state index in [-0.39, 0.29) is 31.4 Å². The van der Waals surface area contributed by atoms with E-state index in [9.17, 15) is 14.4 Å². The number of benzene rings is 2. The van der Waals surface area contributed by atoms with Crippen molar-refractivity contribution in [2.24, 2.45) is 5.92 Å². The van der Waals surface area contributed by atoms with Gasteiger partial charge in [0.05, 0.1) is 6.42 Å². The fraction of sp³-hybridized carbons (Fsp3) is 0.435. The van der Waals surface area contributed by atoms with E-state index in [2.05, 4.69) is 10.6 Å². The predicted molar refractivity (Wildman–Crippen MR) is 111 cm³/mol. The van der Waals surface area contributed by atoms with Crippen LogP contribution in [0.3, 0.4) is 0 Å². The molecule has 1 fully saturated rings. The Morgan fingerprint density at radius 2 is 1.66 bits per heavy atom. The minimum atomic E-state index is -0.621. The lowest BCUT2D eigenvalue weighted by Crippen LogP contribution is -2.36. The second-order valence-corrected chi connectivity index (χ2v) is 7.56. The minimum Gasteiger partial charge on any atom is -0.454 e. The van der Waals surface area contributed by atoms with Gasteiger partial charge in [0.25, 0.3) is 5.91 Å². The van der Waals surface area contributed by atoms with E-state index < -0.39 is 5.97 Å². The molecule has 0 radical (unpaired) electrons. The summed E-state index contributed by atoms with van der Waals surface area (Å²) in [5.74, 6) is -0.660. The van der Waals surface area contributed by atoms with Crippen LogP contribution in [0.4, 0.5) is 0 Å². The van der Waals surface area contributed by atoms with Crippen LogP contribution in [0.1, 0.15) is 37.7 Å². The molecule has 2 aromatic rings. The maximum atomic E-state index is 12.2. The first-order chi connectivity index (χ1) is 14.1. The number of carbonyl (C=O) groups is 3. The zero-order valence-electron chi connectivity index (χ0n) is 16.6. The van der Waals surface area contributed by atoms with E-state index in [0.29, 0.717) is 12.5 Å². The Morgan fingerprint density at radius 1 is 0.897 bits per heavy atom. The number of carbonyl (C=O) groups excluding carboxylic acids is 3. The molecule has 2 aromatic carbocycles. The van der Waals surface area contributed by atoms with Gasteiger partial charge in [0.1, 0.15) is 6.54 Å². The van der Waals surface area contributed by atoms with Crippen LogP contribution in [0.25, 0.3) is 10.8 Å². The first-order valence-electron chi connectivity index (χ1n) is 10.3. The number of rotatable bonds is 8. The van der Waals surface area contributed by atoms with Crippen LogP contribution in [0.5, 0.6) is 0 Å². The molecule has 2 amide bonds. The highest BCUT2D eigenvalue weighted by atomic mass is 16.5. The van der Waals surface area contributed by atoms with Crippen LogP contribution in [0.2, 0.25) is 0 Å². The molecule has 0 aromatic heterocycles. The summed E-state index contributed by atoms with van der Waals surface area (Å²) in [6.07, 6.45) is 6.17. The van der Waals surface area contributed by atoms with Crippen molar-refractivity contribution in [3.8, 4) is 0 Å². The number of amides is 2. The molecule has 29 heavy (non-hydrogen) atoms. The Kier molecular flexibility index (Phi) is 7.61. The van der Waals surface area contributed by atoms with Gasteiger partial charge in [0.2, 0.25) is 5.91 Å². The topological polar surface area (TPSA) is 84.5 Å². The molecule has 0 saturated heterocycles. The molecule has 1 aliphatic rings. The molecule has 0 aliphatic heterocycles. The van der Waals surface area contributed by atoms with Gasteiger partial charge in [0.15, 0.2) is 6.61 Å². The van der Waals surface area contributed by atoms with E-state index in [0.717, 1.165) is 29.2 Å². The molecule has 0 heterocycles. The predicted octanol–water partition coefficient (Wildman–Crippen LogP) is 2.74. The van der Waals surface area contributed by atoms with Gasteiger partial charge in [0, 0.05) is 6.54 Å². The summed E-state index contributed by atoms with van der Waals surface area (Å²) >= 11 is 0. The summed E-state index contributed by atoms with van der Waals surface area (Å²) in [6, 6.07) is 13.6. The molecule has 1 saturated carbocycles.